The van der Waals surface area contributed by atoms with Gasteiger partial charge in [-0.25, -0.2) is 9.59 Å². The third-order valence-electron chi connectivity index (χ3n) is 3.42. The van der Waals surface area contributed by atoms with E-state index in [4.69, 9.17) is 9.47 Å². The molecule has 0 bridgehead atoms. The van der Waals surface area contributed by atoms with Crippen LogP contribution in [0, 0.1) is 6.42 Å². The van der Waals surface area contributed by atoms with Crippen molar-refractivity contribution in [2.75, 3.05) is 0 Å². The molecule has 2 aromatic carbocycles. The van der Waals surface area contributed by atoms with Crippen molar-refractivity contribution in [2.24, 2.45) is 0 Å². The van der Waals surface area contributed by atoms with Crippen LogP contribution >= 0.6 is 0 Å². The number of rotatable bonds is 4. The molecular weight excluding hydrogens is 340 g/mol. The fourth-order valence-electron chi connectivity index (χ4n) is 2.30. The maximum Gasteiger partial charge on any atom is 0.338 e. The van der Waals surface area contributed by atoms with E-state index in [9.17, 15) is 9.59 Å². The molecule has 0 aromatic heterocycles. The number of benzene rings is 2. The van der Waals surface area contributed by atoms with Gasteiger partial charge in [-0.3, -0.25) is 0 Å². The lowest BCUT2D eigenvalue weighted by molar-refractivity contribution is 0.00570. The molecule has 0 saturated heterocycles. The van der Waals surface area contributed by atoms with E-state index in [1.807, 2.05) is 72.2 Å². The lowest BCUT2D eigenvalue weighted by Crippen LogP contribution is -2.23. The first-order chi connectivity index (χ1) is 12.4. The van der Waals surface area contributed by atoms with Crippen LogP contribution in [-0.4, -0.2) is 23.1 Å². The van der Waals surface area contributed by atoms with E-state index in [1.54, 1.807) is 24.3 Å². The Bertz CT molecular complexity index is 719. The van der Waals surface area contributed by atoms with E-state index in [-0.39, 0.29) is 11.9 Å². The van der Waals surface area contributed by atoms with Gasteiger partial charge in [-0.05, 0) is 76.9 Å². The Morgan fingerprint density at radius 3 is 1.19 bits per heavy atom. The summed E-state index contributed by atoms with van der Waals surface area (Å²) in [6, 6.07) is 14.4. The highest BCUT2D eigenvalue weighted by Crippen LogP contribution is 2.18. The van der Waals surface area contributed by atoms with Crippen LogP contribution in [0.4, 0.5) is 0 Å². The molecule has 0 aliphatic rings. The number of ether oxygens (including phenoxy) is 2. The molecule has 0 fully saturated rings. The lowest BCUT2D eigenvalue weighted by atomic mass is 10.0. The highest BCUT2D eigenvalue weighted by Gasteiger charge is 2.18. The summed E-state index contributed by atoms with van der Waals surface area (Å²) < 4.78 is 10.7. The molecule has 143 valence electrons. The number of carbonyl (C=O) groups is 2. The number of esters is 2. The van der Waals surface area contributed by atoms with Crippen molar-refractivity contribution in [3.05, 3.63) is 77.2 Å². The fraction of sp³-hybridized carbons (Fsp3) is 0.348. The molecule has 4 nitrogen and oxygen atoms in total. The Morgan fingerprint density at radius 2 is 0.926 bits per heavy atom. The van der Waals surface area contributed by atoms with Crippen LogP contribution in [0.5, 0.6) is 0 Å². The Hall–Kier alpha value is -2.62. The molecule has 27 heavy (non-hydrogen) atoms. The van der Waals surface area contributed by atoms with Crippen LogP contribution in [0.2, 0.25) is 0 Å². The standard InChI is InChI=1S/C23H27O4/c1-22(2,3)26-20(24)18-11-7-16(8-12-18)15-17-9-13-19(14-10-17)21(25)27-23(4,5)6/h7-15H,1-6H3. The van der Waals surface area contributed by atoms with Crippen molar-refractivity contribution < 1.29 is 19.1 Å². The van der Waals surface area contributed by atoms with Crippen molar-refractivity contribution in [1.29, 1.82) is 0 Å². The molecule has 0 aliphatic heterocycles. The molecule has 0 saturated carbocycles. The van der Waals surface area contributed by atoms with Crippen LogP contribution in [0.1, 0.15) is 73.4 Å². The van der Waals surface area contributed by atoms with Gasteiger partial charge in [0.15, 0.2) is 0 Å². The zero-order chi connectivity index (χ0) is 20.2. The summed E-state index contributed by atoms with van der Waals surface area (Å²) in [5.74, 6) is -0.675. The maximum atomic E-state index is 12.1. The van der Waals surface area contributed by atoms with Gasteiger partial charge in [-0.1, -0.05) is 24.3 Å². The molecule has 0 spiro atoms. The fourth-order valence-corrected chi connectivity index (χ4v) is 2.30. The number of carbonyl (C=O) groups excluding carboxylic acids is 2. The van der Waals surface area contributed by atoms with Crippen molar-refractivity contribution in [3.8, 4) is 0 Å². The SMILES string of the molecule is CC(C)(C)OC(=O)c1ccc([CH]c2ccc(C(=O)OC(C)(C)C)cc2)cc1. The molecule has 0 N–H and O–H groups in total. The van der Waals surface area contributed by atoms with Crippen molar-refractivity contribution in [2.45, 2.75) is 52.7 Å². The minimum absolute atomic E-state index is 0.337. The molecule has 0 heterocycles. The molecule has 0 amide bonds. The predicted octanol–water partition coefficient (Wildman–Crippen LogP) is 5.20. The lowest BCUT2D eigenvalue weighted by Gasteiger charge is -2.19. The highest BCUT2D eigenvalue weighted by atomic mass is 16.6. The minimum atomic E-state index is -0.516. The van der Waals surface area contributed by atoms with Gasteiger partial charge in [-0.2, -0.15) is 0 Å². The second kappa shape index (κ2) is 7.95. The first-order valence-electron chi connectivity index (χ1n) is 8.94. The van der Waals surface area contributed by atoms with Gasteiger partial charge in [0.1, 0.15) is 11.2 Å². The molecule has 4 heteroatoms. The Balaban J connectivity index is 2.01. The Labute approximate surface area is 161 Å². The van der Waals surface area contributed by atoms with E-state index in [0.29, 0.717) is 11.1 Å². The summed E-state index contributed by atoms with van der Waals surface area (Å²) in [6.07, 6.45) is 1.97. The van der Waals surface area contributed by atoms with Gasteiger partial charge in [0.25, 0.3) is 0 Å². The molecule has 1 radical (unpaired) electrons. The average molecular weight is 367 g/mol. The molecule has 2 rings (SSSR count). The second-order valence-corrected chi connectivity index (χ2v) is 8.39. The minimum Gasteiger partial charge on any atom is -0.456 e. The summed E-state index contributed by atoms with van der Waals surface area (Å²) >= 11 is 0. The van der Waals surface area contributed by atoms with E-state index in [1.165, 1.54) is 0 Å². The van der Waals surface area contributed by atoms with Crippen molar-refractivity contribution >= 4 is 11.9 Å². The molecule has 0 aliphatic carbocycles. The van der Waals surface area contributed by atoms with Gasteiger partial charge >= 0.3 is 11.9 Å². The normalized spacial score (nSPS) is 11.8. The third kappa shape index (κ3) is 6.89. The average Bonchev–Trinajstić information content (AvgIpc) is 2.53. The first kappa shape index (κ1) is 20.7. The zero-order valence-electron chi connectivity index (χ0n) is 16.8. The third-order valence-corrected chi connectivity index (χ3v) is 3.42. The van der Waals surface area contributed by atoms with Crippen LogP contribution in [0.25, 0.3) is 0 Å². The smallest absolute Gasteiger partial charge is 0.338 e. The van der Waals surface area contributed by atoms with Crippen molar-refractivity contribution in [1.82, 2.24) is 0 Å². The monoisotopic (exact) mass is 367 g/mol. The molecule has 0 unspecified atom stereocenters. The first-order valence-corrected chi connectivity index (χ1v) is 8.94. The van der Waals surface area contributed by atoms with Crippen molar-refractivity contribution in [3.63, 3.8) is 0 Å². The Kier molecular flexibility index (Phi) is 6.09. The summed E-state index contributed by atoms with van der Waals surface area (Å²) in [5, 5.41) is 0. The van der Waals surface area contributed by atoms with E-state index in [2.05, 4.69) is 0 Å². The van der Waals surface area contributed by atoms with Gasteiger partial charge in [0.2, 0.25) is 0 Å². The summed E-state index contributed by atoms with van der Waals surface area (Å²) in [5.41, 5.74) is 1.90. The quantitative estimate of drug-likeness (QED) is 0.697. The number of hydrogen-bond acceptors (Lipinski definition) is 4. The predicted molar refractivity (Wildman–Crippen MR) is 106 cm³/mol. The van der Waals surface area contributed by atoms with Crippen LogP contribution in [0.3, 0.4) is 0 Å². The van der Waals surface area contributed by atoms with Gasteiger partial charge in [0.05, 0.1) is 11.1 Å². The Morgan fingerprint density at radius 1 is 0.630 bits per heavy atom. The summed E-state index contributed by atoms with van der Waals surface area (Å²) in [4.78, 5) is 24.1. The summed E-state index contributed by atoms with van der Waals surface area (Å²) in [7, 11) is 0. The van der Waals surface area contributed by atoms with E-state index < -0.39 is 11.2 Å². The van der Waals surface area contributed by atoms with Gasteiger partial charge < -0.3 is 9.47 Å². The largest absolute Gasteiger partial charge is 0.456 e. The maximum absolute atomic E-state index is 12.1. The van der Waals surface area contributed by atoms with Gasteiger partial charge in [-0.15, -0.1) is 0 Å². The molecule has 0 atom stereocenters. The molecular formula is C23H27O4. The van der Waals surface area contributed by atoms with E-state index >= 15 is 0 Å². The highest BCUT2D eigenvalue weighted by molar-refractivity contribution is 5.90. The topological polar surface area (TPSA) is 52.6 Å². The molecule has 2 aromatic rings. The second-order valence-electron chi connectivity index (χ2n) is 8.39. The van der Waals surface area contributed by atoms with Crippen LogP contribution < -0.4 is 0 Å². The zero-order valence-corrected chi connectivity index (χ0v) is 16.8. The van der Waals surface area contributed by atoms with Crippen LogP contribution in [-0.2, 0) is 9.47 Å². The summed E-state index contributed by atoms with van der Waals surface area (Å²) in [6.45, 7) is 11.0. The van der Waals surface area contributed by atoms with Crippen LogP contribution in [0.15, 0.2) is 48.5 Å². The van der Waals surface area contributed by atoms with E-state index in [0.717, 1.165) is 11.1 Å². The number of hydrogen-bond donors (Lipinski definition) is 0. The van der Waals surface area contributed by atoms with Gasteiger partial charge in [0, 0.05) is 6.42 Å².